The first-order valence-corrected chi connectivity index (χ1v) is 7.72. The molecule has 1 heterocycles. The van der Waals surface area contributed by atoms with E-state index in [0.29, 0.717) is 0 Å². The van der Waals surface area contributed by atoms with Gasteiger partial charge in [-0.2, -0.15) is 0 Å². The van der Waals surface area contributed by atoms with E-state index in [1.807, 2.05) is 6.07 Å². The van der Waals surface area contributed by atoms with Crippen LogP contribution in [0.4, 0.5) is 10.1 Å². The molecular formula is C17H22FNO. The number of carbonyl (C=O) groups is 1. The molecule has 0 saturated heterocycles. The number of hydrogen-bond acceptors (Lipinski definition) is 2. The fourth-order valence-corrected chi connectivity index (χ4v) is 3.71. The highest BCUT2D eigenvalue weighted by molar-refractivity contribution is 5.64. The second kappa shape index (κ2) is 5.55. The monoisotopic (exact) mass is 275 g/mol. The zero-order valence-electron chi connectivity index (χ0n) is 11.9. The van der Waals surface area contributed by atoms with E-state index in [2.05, 4.69) is 4.90 Å². The van der Waals surface area contributed by atoms with Crippen LogP contribution in [0, 0.1) is 11.2 Å². The van der Waals surface area contributed by atoms with E-state index < -0.39 is 0 Å². The van der Waals surface area contributed by atoms with Gasteiger partial charge in [-0.05, 0) is 37.0 Å². The van der Waals surface area contributed by atoms with Crippen LogP contribution in [-0.4, -0.2) is 19.4 Å². The van der Waals surface area contributed by atoms with E-state index >= 15 is 0 Å². The predicted molar refractivity (Wildman–Crippen MR) is 78.5 cm³/mol. The number of aldehydes is 1. The van der Waals surface area contributed by atoms with Crippen molar-refractivity contribution in [2.75, 3.05) is 18.0 Å². The van der Waals surface area contributed by atoms with Gasteiger partial charge in [-0.3, -0.25) is 0 Å². The number of benzene rings is 1. The molecule has 1 aliphatic heterocycles. The molecule has 0 spiro atoms. The molecular weight excluding hydrogens is 253 g/mol. The van der Waals surface area contributed by atoms with Crippen LogP contribution in [0.25, 0.3) is 0 Å². The second-order valence-electron chi connectivity index (χ2n) is 6.34. The molecule has 2 aliphatic rings. The number of rotatable bonds is 3. The van der Waals surface area contributed by atoms with E-state index in [4.69, 9.17) is 0 Å². The summed E-state index contributed by atoms with van der Waals surface area (Å²) >= 11 is 0. The summed E-state index contributed by atoms with van der Waals surface area (Å²) in [5.41, 5.74) is 1.99. The van der Waals surface area contributed by atoms with Crippen molar-refractivity contribution in [3.05, 3.63) is 29.6 Å². The van der Waals surface area contributed by atoms with Crippen LogP contribution in [0.15, 0.2) is 18.2 Å². The number of carbonyl (C=O) groups excluding carboxylic acids is 1. The molecule has 20 heavy (non-hydrogen) atoms. The third kappa shape index (κ3) is 2.58. The molecule has 1 fully saturated rings. The highest BCUT2D eigenvalue weighted by atomic mass is 19.1. The normalized spacial score (nSPS) is 21.4. The minimum Gasteiger partial charge on any atom is -0.370 e. The third-order valence-corrected chi connectivity index (χ3v) is 4.89. The van der Waals surface area contributed by atoms with Crippen molar-refractivity contribution >= 4 is 12.0 Å². The van der Waals surface area contributed by atoms with Gasteiger partial charge in [-0.15, -0.1) is 0 Å². The second-order valence-corrected chi connectivity index (χ2v) is 6.34. The lowest BCUT2D eigenvalue weighted by molar-refractivity contribution is -0.116. The quantitative estimate of drug-likeness (QED) is 0.619. The first kappa shape index (κ1) is 13.6. The summed E-state index contributed by atoms with van der Waals surface area (Å²) in [4.78, 5) is 13.9. The zero-order valence-corrected chi connectivity index (χ0v) is 11.9. The highest BCUT2D eigenvalue weighted by Gasteiger charge is 2.34. The Morgan fingerprint density at radius 2 is 1.95 bits per heavy atom. The van der Waals surface area contributed by atoms with Gasteiger partial charge in [0.2, 0.25) is 0 Å². The maximum atomic E-state index is 13.5. The van der Waals surface area contributed by atoms with E-state index in [-0.39, 0.29) is 11.2 Å². The minimum atomic E-state index is -0.218. The molecule has 1 aromatic rings. The largest absolute Gasteiger partial charge is 0.370 e. The summed E-state index contributed by atoms with van der Waals surface area (Å²) in [6.07, 6.45) is 8.86. The summed E-state index contributed by atoms with van der Waals surface area (Å²) in [6.45, 7) is 1.67. The molecule has 0 unspecified atom stereocenters. The Kier molecular flexibility index (Phi) is 3.77. The average molecular weight is 275 g/mol. The number of fused-ring (bicyclic) bond motifs is 1. The van der Waals surface area contributed by atoms with Crippen molar-refractivity contribution < 1.29 is 9.18 Å². The Labute approximate surface area is 120 Å². The molecule has 0 atom stereocenters. The van der Waals surface area contributed by atoms with Crippen LogP contribution < -0.4 is 4.90 Å². The van der Waals surface area contributed by atoms with Gasteiger partial charge in [-0.1, -0.05) is 31.7 Å². The number of anilines is 1. The van der Waals surface area contributed by atoms with Gasteiger partial charge in [0.25, 0.3) is 0 Å². The van der Waals surface area contributed by atoms with Crippen molar-refractivity contribution in [1.29, 1.82) is 0 Å². The van der Waals surface area contributed by atoms with Crippen LogP contribution in [0.1, 0.15) is 44.1 Å². The maximum absolute atomic E-state index is 13.5. The molecule has 1 aliphatic carbocycles. The molecule has 3 rings (SSSR count). The Bertz CT molecular complexity index is 492. The van der Waals surface area contributed by atoms with Gasteiger partial charge < -0.3 is 9.69 Å². The molecule has 108 valence electrons. The Hall–Kier alpha value is -1.38. The standard InChI is InChI=1S/C17H22FNO/c18-15-6-5-14-7-10-19(16(14)11-15)12-17(13-20)8-3-1-2-4-9-17/h5-6,11,13H,1-4,7-10,12H2. The maximum Gasteiger partial charge on any atom is 0.127 e. The summed E-state index contributed by atoms with van der Waals surface area (Å²) in [6, 6.07) is 5.03. The lowest BCUT2D eigenvalue weighted by atomic mass is 9.81. The van der Waals surface area contributed by atoms with Gasteiger partial charge in [0.15, 0.2) is 0 Å². The number of halogens is 1. The van der Waals surface area contributed by atoms with Crippen LogP contribution >= 0.6 is 0 Å². The molecule has 0 amide bonds. The molecule has 1 aromatic carbocycles. The summed E-state index contributed by atoms with van der Waals surface area (Å²) in [5.74, 6) is -0.184. The van der Waals surface area contributed by atoms with E-state index in [1.165, 1.54) is 30.8 Å². The Morgan fingerprint density at radius 1 is 1.20 bits per heavy atom. The first-order chi connectivity index (χ1) is 9.72. The molecule has 0 N–H and O–H groups in total. The lowest BCUT2D eigenvalue weighted by Crippen LogP contribution is -2.38. The summed E-state index contributed by atoms with van der Waals surface area (Å²) < 4.78 is 13.5. The third-order valence-electron chi connectivity index (χ3n) is 4.89. The van der Waals surface area contributed by atoms with Crippen LogP contribution in [0.5, 0.6) is 0 Å². The number of nitrogens with zero attached hydrogens (tertiary/aromatic N) is 1. The smallest absolute Gasteiger partial charge is 0.127 e. The van der Waals surface area contributed by atoms with Crippen molar-refractivity contribution in [1.82, 2.24) is 0 Å². The highest BCUT2D eigenvalue weighted by Crippen LogP contribution is 2.37. The van der Waals surface area contributed by atoms with E-state index in [9.17, 15) is 9.18 Å². The van der Waals surface area contributed by atoms with Gasteiger partial charge in [0.1, 0.15) is 12.1 Å². The van der Waals surface area contributed by atoms with Crippen molar-refractivity contribution in [3.63, 3.8) is 0 Å². The number of hydrogen-bond donors (Lipinski definition) is 0. The van der Waals surface area contributed by atoms with Crippen molar-refractivity contribution in [2.45, 2.75) is 44.9 Å². The van der Waals surface area contributed by atoms with Crippen molar-refractivity contribution in [3.8, 4) is 0 Å². The Morgan fingerprint density at radius 3 is 2.65 bits per heavy atom. The molecule has 0 radical (unpaired) electrons. The zero-order chi connectivity index (χ0) is 14.0. The molecule has 0 bridgehead atoms. The molecule has 2 nitrogen and oxygen atoms in total. The summed E-state index contributed by atoms with van der Waals surface area (Å²) in [7, 11) is 0. The van der Waals surface area contributed by atoms with Crippen LogP contribution in [0.2, 0.25) is 0 Å². The molecule has 3 heteroatoms. The lowest BCUT2D eigenvalue weighted by Gasteiger charge is -2.33. The van der Waals surface area contributed by atoms with Gasteiger partial charge >= 0.3 is 0 Å². The predicted octanol–water partition coefficient (Wildman–Crippen LogP) is 3.73. The fraction of sp³-hybridized carbons (Fsp3) is 0.588. The topological polar surface area (TPSA) is 20.3 Å². The first-order valence-electron chi connectivity index (χ1n) is 7.72. The van der Waals surface area contributed by atoms with Gasteiger partial charge in [-0.25, -0.2) is 4.39 Å². The average Bonchev–Trinajstić information content (AvgIpc) is 2.70. The molecule has 1 saturated carbocycles. The minimum absolute atomic E-state index is 0.184. The Balaban J connectivity index is 1.81. The fourth-order valence-electron chi connectivity index (χ4n) is 3.71. The van der Waals surface area contributed by atoms with Gasteiger partial charge in [0, 0.05) is 24.2 Å². The van der Waals surface area contributed by atoms with Crippen molar-refractivity contribution in [2.24, 2.45) is 5.41 Å². The van der Waals surface area contributed by atoms with Crippen LogP contribution in [0.3, 0.4) is 0 Å². The van der Waals surface area contributed by atoms with E-state index in [1.54, 1.807) is 6.07 Å². The molecule has 0 aromatic heterocycles. The summed E-state index contributed by atoms with van der Waals surface area (Å²) in [5, 5.41) is 0. The van der Waals surface area contributed by atoms with E-state index in [0.717, 1.165) is 50.9 Å². The SMILES string of the molecule is O=CC1(CN2CCc3ccc(F)cc32)CCCCCC1. The van der Waals surface area contributed by atoms with Gasteiger partial charge in [0.05, 0.1) is 0 Å². The van der Waals surface area contributed by atoms with Crippen LogP contribution in [-0.2, 0) is 11.2 Å².